The van der Waals surface area contributed by atoms with Crippen molar-refractivity contribution in [2.75, 3.05) is 21.3 Å². The molecule has 1 aliphatic heterocycles. The van der Waals surface area contributed by atoms with E-state index in [1.54, 1.807) is 38.1 Å². The van der Waals surface area contributed by atoms with Crippen LogP contribution < -0.4 is 19.6 Å². The number of amides is 1. The second kappa shape index (κ2) is 5.63. The van der Waals surface area contributed by atoms with E-state index in [0.717, 1.165) is 5.56 Å². The molecule has 1 aromatic carbocycles. The minimum Gasteiger partial charge on any atom is -0.496 e. The zero-order chi connectivity index (χ0) is 15.6. The molecule has 1 saturated heterocycles. The summed E-state index contributed by atoms with van der Waals surface area (Å²) in [4.78, 5) is 11.6. The van der Waals surface area contributed by atoms with Crippen LogP contribution in [-0.2, 0) is 4.79 Å². The average molecular weight is 293 g/mol. The van der Waals surface area contributed by atoms with Gasteiger partial charge in [0.2, 0.25) is 6.21 Å². The van der Waals surface area contributed by atoms with Gasteiger partial charge in [-0.1, -0.05) is 0 Å². The quantitative estimate of drug-likeness (QED) is 0.852. The smallest absolute Gasteiger partial charge is 0.281 e. The maximum Gasteiger partial charge on any atom is 0.281 e. The third-order valence-corrected chi connectivity index (χ3v) is 3.50. The fourth-order valence-electron chi connectivity index (χ4n) is 2.30. The zero-order valence-electron chi connectivity index (χ0n) is 13.0. The van der Waals surface area contributed by atoms with Crippen molar-refractivity contribution in [3.8, 4) is 17.2 Å². The van der Waals surface area contributed by atoms with Crippen LogP contribution in [0.15, 0.2) is 12.1 Å². The lowest BCUT2D eigenvalue weighted by Crippen LogP contribution is -2.36. The molecule has 0 spiro atoms. The lowest BCUT2D eigenvalue weighted by atomic mass is 10.0. The SMILES string of the molecule is COc1cc(OC)c(/C=[N+]2\NC(=O)CC2(C)C)c(OC)c1. The summed E-state index contributed by atoms with van der Waals surface area (Å²) in [6, 6.07) is 3.55. The van der Waals surface area contributed by atoms with E-state index in [2.05, 4.69) is 5.43 Å². The molecule has 0 radical (unpaired) electrons. The first-order chi connectivity index (χ1) is 9.91. The van der Waals surface area contributed by atoms with Crippen molar-refractivity contribution in [2.45, 2.75) is 25.8 Å². The molecule has 0 atom stereocenters. The largest absolute Gasteiger partial charge is 0.496 e. The Morgan fingerprint density at radius 1 is 1.14 bits per heavy atom. The summed E-state index contributed by atoms with van der Waals surface area (Å²) in [6.07, 6.45) is 2.26. The Morgan fingerprint density at radius 3 is 2.10 bits per heavy atom. The molecule has 1 amide bonds. The van der Waals surface area contributed by atoms with E-state index < -0.39 is 0 Å². The van der Waals surface area contributed by atoms with E-state index in [9.17, 15) is 4.79 Å². The number of rotatable bonds is 4. The molecule has 0 saturated carbocycles. The van der Waals surface area contributed by atoms with Crippen molar-refractivity contribution in [2.24, 2.45) is 0 Å². The fraction of sp³-hybridized carbons (Fsp3) is 0.467. The van der Waals surface area contributed by atoms with Gasteiger partial charge < -0.3 is 14.2 Å². The van der Waals surface area contributed by atoms with Gasteiger partial charge in [-0.05, 0) is 0 Å². The Balaban J connectivity index is 2.55. The van der Waals surface area contributed by atoms with Gasteiger partial charge in [-0.25, -0.2) is 0 Å². The number of carbonyl (C=O) groups is 1. The molecule has 0 aliphatic carbocycles. The Bertz CT molecular complexity index is 568. The first-order valence-corrected chi connectivity index (χ1v) is 6.65. The maximum atomic E-state index is 11.6. The van der Waals surface area contributed by atoms with Gasteiger partial charge in [-0.3, -0.25) is 4.79 Å². The van der Waals surface area contributed by atoms with Crippen LogP contribution in [0.5, 0.6) is 17.2 Å². The first-order valence-electron chi connectivity index (χ1n) is 6.65. The minimum atomic E-state index is -0.312. The number of hydrogen-bond donors (Lipinski definition) is 1. The summed E-state index contributed by atoms with van der Waals surface area (Å²) in [5, 5.41) is 0. The highest BCUT2D eigenvalue weighted by molar-refractivity contribution is 5.86. The molecule has 21 heavy (non-hydrogen) atoms. The molecule has 1 N–H and O–H groups in total. The van der Waals surface area contributed by atoms with Crippen LogP contribution in [-0.4, -0.2) is 43.7 Å². The van der Waals surface area contributed by atoms with Crippen LogP contribution >= 0.6 is 0 Å². The van der Waals surface area contributed by atoms with Crippen molar-refractivity contribution < 1.29 is 23.7 Å². The van der Waals surface area contributed by atoms with Crippen molar-refractivity contribution in [3.63, 3.8) is 0 Å². The van der Waals surface area contributed by atoms with Gasteiger partial charge >= 0.3 is 0 Å². The van der Waals surface area contributed by atoms with E-state index in [1.807, 2.05) is 20.1 Å². The van der Waals surface area contributed by atoms with Crippen LogP contribution in [0.25, 0.3) is 0 Å². The number of methoxy groups -OCH3 is 3. The van der Waals surface area contributed by atoms with E-state index in [-0.39, 0.29) is 11.4 Å². The summed E-state index contributed by atoms with van der Waals surface area (Å²) >= 11 is 0. The lowest BCUT2D eigenvalue weighted by molar-refractivity contribution is -0.620. The minimum absolute atomic E-state index is 0.0114. The first kappa shape index (κ1) is 15.2. The van der Waals surface area contributed by atoms with Crippen molar-refractivity contribution in [3.05, 3.63) is 17.7 Å². The molecule has 114 valence electrons. The number of hydrazine groups is 1. The zero-order valence-corrected chi connectivity index (χ0v) is 13.0. The number of nitrogens with one attached hydrogen (secondary N) is 1. The summed E-state index contributed by atoms with van der Waals surface area (Å²) in [7, 11) is 4.75. The van der Waals surface area contributed by atoms with Crippen LogP contribution in [0.3, 0.4) is 0 Å². The van der Waals surface area contributed by atoms with Crippen molar-refractivity contribution in [1.82, 2.24) is 5.43 Å². The second-order valence-corrected chi connectivity index (χ2v) is 5.47. The molecule has 0 aromatic heterocycles. The highest BCUT2D eigenvalue weighted by Crippen LogP contribution is 2.33. The van der Waals surface area contributed by atoms with Crippen LogP contribution in [0.4, 0.5) is 0 Å². The average Bonchev–Trinajstić information content (AvgIpc) is 2.71. The highest BCUT2D eigenvalue weighted by Gasteiger charge is 2.42. The molecular formula is C15H21N2O4+. The van der Waals surface area contributed by atoms with Crippen LogP contribution in [0, 0.1) is 0 Å². The van der Waals surface area contributed by atoms with Crippen LogP contribution in [0.2, 0.25) is 0 Å². The Kier molecular flexibility index (Phi) is 4.06. The molecule has 6 heteroatoms. The standard InChI is InChI=1S/C15H20N2O4/c1-15(2)8-14(18)16-17(15)9-11-12(20-4)6-10(19-3)7-13(11)21-5/h6-7,9H,8H2,1-5H3/p+1/b17-9-. The number of nitrogens with zero attached hydrogens (tertiary/aromatic N) is 1. The van der Waals surface area contributed by atoms with Crippen molar-refractivity contribution in [1.29, 1.82) is 0 Å². The molecule has 0 unspecified atom stereocenters. The van der Waals surface area contributed by atoms with Gasteiger partial charge in [0, 0.05) is 26.0 Å². The van der Waals surface area contributed by atoms with Gasteiger partial charge in [-0.15, -0.1) is 10.1 Å². The third kappa shape index (κ3) is 2.94. The predicted octanol–water partition coefficient (Wildman–Crippen LogP) is 1.36. The van der Waals surface area contributed by atoms with E-state index in [4.69, 9.17) is 14.2 Å². The van der Waals surface area contributed by atoms with E-state index in [0.29, 0.717) is 23.7 Å². The predicted molar refractivity (Wildman–Crippen MR) is 78.4 cm³/mol. The number of benzene rings is 1. The molecule has 6 nitrogen and oxygen atoms in total. The number of hydrazone groups is 1. The molecule has 1 fully saturated rings. The van der Waals surface area contributed by atoms with Gasteiger partial charge in [0.05, 0.1) is 27.8 Å². The normalized spacial score (nSPS) is 18.5. The van der Waals surface area contributed by atoms with Gasteiger partial charge in [0.15, 0.2) is 5.54 Å². The molecule has 2 rings (SSSR count). The van der Waals surface area contributed by atoms with E-state index in [1.165, 1.54) is 0 Å². The number of ether oxygens (including phenoxy) is 3. The second-order valence-electron chi connectivity index (χ2n) is 5.47. The lowest BCUT2D eigenvalue weighted by Gasteiger charge is -2.14. The Morgan fingerprint density at radius 2 is 1.71 bits per heavy atom. The summed E-state index contributed by atoms with van der Waals surface area (Å²) in [6.45, 7) is 3.98. The molecule has 1 aliphatic rings. The summed E-state index contributed by atoms with van der Waals surface area (Å²) in [5.41, 5.74) is 3.25. The highest BCUT2D eigenvalue weighted by atomic mass is 16.5. The maximum absolute atomic E-state index is 11.6. The van der Waals surface area contributed by atoms with Crippen molar-refractivity contribution >= 4 is 12.1 Å². The fourth-order valence-corrected chi connectivity index (χ4v) is 2.30. The van der Waals surface area contributed by atoms with Gasteiger partial charge in [0.1, 0.15) is 22.8 Å². The van der Waals surface area contributed by atoms with E-state index >= 15 is 0 Å². The van der Waals surface area contributed by atoms with Gasteiger partial charge in [0.25, 0.3) is 5.91 Å². The molecule has 1 heterocycles. The van der Waals surface area contributed by atoms with Crippen LogP contribution in [0.1, 0.15) is 25.8 Å². The number of carbonyl (C=O) groups excluding carboxylic acids is 1. The third-order valence-electron chi connectivity index (χ3n) is 3.50. The summed E-state index contributed by atoms with van der Waals surface area (Å²) in [5.74, 6) is 1.86. The number of hydrogen-bond acceptors (Lipinski definition) is 4. The molecule has 0 bridgehead atoms. The van der Waals surface area contributed by atoms with Gasteiger partial charge in [-0.2, -0.15) is 0 Å². The topological polar surface area (TPSA) is 59.8 Å². The molecule has 1 aromatic rings. The summed E-state index contributed by atoms with van der Waals surface area (Å²) < 4.78 is 17.8. The Labute approximate surface area is 124 Å². The Hall–Kier alpha value is -2.24. The molecular weight excluding hydrogens is 272 g/mol. The monoisotopic (exact) mass is 293 g/mol.